The van der Waals surface area contributed by atoms with Crippen molar-refractivity contribution in [2.24, 2.45) is 5.10 Å². The maximum Gasteiger partial charge on any atom is 0.337 e. The molecule has 0 aliphatic heterocycles. The highest BCUT2D eigenvalue weighted by Crippen LogP contribution is 2.23. The van der Waals surface area contributed by atoms with Gasteiger partial charge < -0.3 is 10.2 Å². The number of phenols is 1. The van der Waals surface area contributed by atoms with Crippen LogP contribution in [-0.2, 0) is 0 Å². The third-order valence-corrected chi connectivity index (χ3v) is 3.34. The van der Waals surface area contributed by atoms with E-state index in [1.165, 1.54) is 6.07 Å². The van der Waals surface area contributed by atoms with Crippen molar-refractivity contribution in [3.63, 3.8) is 0 Å². The number of rotatable bonds is 4. The predicted octanol–water partition coefficient (Wildman–Crippen LogP) is 3.69. The first-order valence-corrected chi connectivity index (χ1v) is 6.90. The quantitative estimate of drug-likeness (QED) is 0.581. The minimum atomic E-state index is -1.03. The number of carboxylic acids is 1. The van der Waals surface area contributed by atoms with Gasteiger partial charge >= 0.3 is 5.97 Å². The molecule has 0 amide bonds. The third-order valence-electron chi connectivity index (χ3n) is 2.85. The molecule has 0 atom stereocenters. The van der Waals surface area contributed by atoms with Crippen LogP contribution >= 0.6 is 15.9 Å². The van der Waals surface area contributed by atoms with Gasteiger partial charge in [-0.25, -0.2) is 4.79 Å². The van der Waals surface area contributed by atoms with Crippen LogP contribution in [0.4, 0.5) is 5.69 Å². The molecule has 0 aliphatic rings. The van der Waals surface area contributed by atoms with Crippen molar-refractivity contribution in [2.75, 3.05) is 5.43 Å². The molecule has 0 fully saturated rings. The maximum atomic E-state index is 11.1. The third kappa shape index (κ3) is 3.61. The van der Waals surface area contributed by atoms with Crippen LogP contribution in [0.5, 0.6) is 5.75 Å². The molecule has 0 saturated carbocycles. The number of hydrogen-bond donors (Lipinski definition) is 3. The van der Waals surface area contributed by atoms with E-state index in [2.05, 4.69) is 26.5 Å². The Bertz CT molecular complexity index is 714. The van der Waals surface area contributed by atoms with E-state index in [1.54, 1.807) is 43.3 Å². The zero-order valence-corrected chi connectivity index (χ0v) is 12.8. The van der Waals surface area contributed by atoms with Crippen LogP contribution in [0.15, 0.2) is 52.0 Å². The summed E-state index contributed by atoms with van der Waals surface area (Å²) in [6.07, 6.45) is 0. The number of anilines is 1. The molecule has 0 aliphatic carbocycles. The molecule has 0 spiro atoms. The second-order valence-corrected chi connectivity index (χ2v) is 5.24. The summed E-state index contributed by atoms with van der Waals surface area (Å²) < 4.78 is 0.816. The number of carboxylic acid groups (broad SMARTS) is 1. The van der Waals surface area contributed by atoms with E-state index in [9.17, 15) is 9.90 Å². The summed E-state index contributed by atoms with van der Waals surface area (Å²) >= 11 is 3.33. The molecule has 0 saturated heterocycles. The zero-order valence-electron chi connectivity index (χ0n) is 11.2. The minimum absolute atomic E-state index is 0.104. The van der Waals surface area contributed by atoms with Crippen molar-refractivity contribution < 1.29 is 15.0 Å². The van der Waals surface area contributed by atoms with E-state index < -0.39 is 5.97 Å². The molecular formula is C15H13BrN2O3. The Morgan fingerprint density at radius 3 is 2.62 bits per heavy atom. The molecule has 21 heavy (non-hydrogen) atoms. The standard InChI is InChI=1S/C15H13BrN2O3/c1-9(12-8-10(16)6-7-14(12)19)17-18-13-5-3-2-4-11(13)15(20)21/h2-8,18-19H,1H3,(H,20,21)/b17-9-. The molecule has 108 valence electrons. The van der Waals surface area contributed by atoms with Gasteiger partial charge in [0.15, 0.2) is 0 Å². The van der Waals surface area contributed by atoms with Crippen LogP contribution in [0, 0.1) is 0 Å². The number of aromatic hydroxyl groups is 1. The highest BCUT2D eigenvalue weighted by atomic mass is 79.9. The zero-order chi connectivity index (χ0) is 15.4. The number of phenolic OH excluding ortho intramolecular Hbond substituents is 1. The van der Waals surface area contributed by atoms with Gasteiger partial charge in [0.1, 0.15) is 5.75 Å². The molecule has 2 aromatic rings. The summed E-state index contributed by atoms with van der Waals surface area (Å²) in [5, 5.41) is 23.0. The van der Waals surface area contributed by atoms with E-state index in [1.807, 2.05) is 0 Å². The second kappa shape index (κ2) is 6.41. The number of nitrogens with one attached hydrogen (secondary N) is 1. The minimum Gasteiger partial charge on any atom is -0.507 e. The van der Waals surface area contributed by atoms with Gasteiger partial charge in [-0.3, -0.25) is 5.43 Å². The number of nitrogens with zero attached hydrogens (tertiary/aromatic N) is 1. The van der Waals surface area contributed by atoms with Crippen LogP contribution in [0.2, 0.25) is 0 Å². The number of benzene rings is 2. The summed E-state index contributed by atoms with van der Waals surface area (Å²) in [5.41, 5.74) is 4.34. The van der Waals surface area contributed by atoms with Crippen LogP contribution in [-0.4, -0.2) is 21.9 Å². The summed E-state index contributed by atoms with van der Waals surface area (Å²) in [6.45, 7) is 1.72. The van der Waals surface area contributed by atoms with Gasteiger partial charge in [0.05, 0.1) is 17.0 Å². The van der Waals surface area contributed by atoms with Crippen molar-refractivity contribution in [3.8, 4) is 5.75 Å². The van der Waals surface area contributed by atoms with Crippen molar-refractivity contribution in [3.05, 3.63) is 58.1 Å². The summed E-state index contributed by atoms with van der Waals surface area (Å²) in [7, 11) is 0. The highest BCUT2D eigenvalue weighted by molar-refractivity contribution is 9.10. The normalized spacial score (nSPS) is 11.2. The summed E-state index contributed by atoms with van der Waals surface area (Å²) in [5.74, 6) is -0.927. The summed E-state index contributed by atoms with van der Waals surface area (Å²) in [6, 6.07) is 11.5. The monoisotopic (exact) mass is 348 g/mol. The number of aromatic carboxylic acids is 1. The molecule has 3 N–H and O–H groups in total. The Kier molecular flexibility index (Phi) is 4.59. The molecule has 0 unspecified atom stereocenters. The van der Waals surface area contributed by atoms with Gasteiger partial charge in [0.2, 0.25) is 0 Å². The lowest BCUT2D eigenvalue weighted by Crippen LogP contribution is -2.05. The fraction of sp³-hybridized carbons (Fsp3) is 0.0667. The lowest BCUT2D eigenvalue weighted by Gasteiger charge is -2.08. The van der Waals surface area contributed by atoms with Crippen LogP contribution in [0.25, 0.3) is 0 Å². The van der Waals surface area contributed by atoms with E-state index in [0.717, 1.165) is 4.47 Å². The Labute approximate surface area is 130 Å². The molecule has 0 aromatic heterocycles. The van der Waals surface area contributed by atoms with Crippen molar-refractivity contribution in [1.82, 2.24) is 0 Å². The maximum absolute atomic E-state index is 11.1. The van der Waals surface area contributed by atoms with Gasteiger partial charge in [-0.15, -0.1) is 0 Å². The first-order chi connectivity index (χ1) is 9.99. The second-order valence-electron chi connectivity index (χ2n) is 4.32. The average molecular weight is 349 g/mol. The molecule has 6 heteroatoms. The Morgan fingerprint density at radius 2 is 1.90 bits per heavy atom. The lowest BCUT2D eigenvalue weighted by molar-refractivity contribution is 0.0698. The first-order valence-electron chi connectivity index (χ1n) is 6.10. The molecule has 0 bridgehead atoms. The summed E-state index contributed by atoms with van der Waals surface area (Å²) in [4.78, 5) is 11.1. The topological polar surface area (TPSA) is 81.9 Å². The Morgan fingerprint density at radius 1 is 1.19 bits per heavy atom. The first kappa shape index (κ1) is 15.1. The van der Waals surface area contributed by atoms with Crippen LogP contribution in [0.1, 0.15) is 22.8 Å². The number of hydrazone groups is 1. The van der Waals surface area contributed by atoms with Crippen molar-refractivity contribution in [2.45, 2.75) is 6.92 Å². The molecule has 2 aromatic carbocycles. The molecule has 0 radical (unpaired) electrons. The number of halogens is 1. The van der Waals surface area contributed by atoms with Crippen molar-refractivity contribution in [1.29, 1.82) is 0 Å². The lowest BCUT2D eigenvalue weighted by atomic mass is 10.1. The van der Waals surface area contributed by atoms with E-state index in [-0.39, 0.29) is 11.3 Å². The molecule has 0 heterocycles. The van der Waals surface area contributed by atoms with Gasteiger partial charge in [0.25, 0.3) is 0 Å². The fourth-order valence-corrected chi connectivity index (χ4v) is 2.13. The number of para-hydroxylation sites is 1. The van der Waals surface area contributed by atoms with Gasteiger partial charge in [-0.1, -0.05) is 28.1 Å². The van der Waals surface area contributed by atoms with Gasteiger partial charge in [-0.2, -0.15) is 5.10 Å². The Balaban J connectivity index is 2.29. The fourth-order valence-electron chi connectivity index (χ4n) is 1.77. The Hall–Kier alpha value is -2.34. The molecule has 5 nitrogen and oxygen atoms in total. The van der Waals surface area contributed by atoms with E-state index in [0.29, 0.717) is 17.0 Å². The van der Waals surface area contributed by atoms with Crippen LogP contribution in [0.3, 0.4) is 0 Å². The smallest absolute Gasteiger partial charge is 0.337 e. The van der Waals surface area contributed by atoms with Crippen LogP contribution < -0.4 is 5.43 Å². The van der Waals surface area contributed by atoms with E-state index >= 15 is 0 Å². The number of carbonyl (C=O) groups is 1. The van der Waals surface area contributed by atoms with Gasteiger partial charge in [-0.05, 0) is 37.3 Å². The van der Waals surface area contributed by atoms with E-state index in [4.69, 9.17) is 5.11 Å². The number of hydrogen-bond acceptors (Lipinski definition) is 4. The molecular weight excluding hydrogens is 336 g/mol. The predicted molar refractivity (Wildman–Crippen MR) is 85.0 cm³/mol. The largest absolute Gasteiger partial charge is 0.507 e. The average Bonchev–Trinajstić information content (AvgIpc) is 2.47. The highest BCUT2D eigenvalue weighted by Gasteiger charge is 2.09. The SMILES string of the molecule is C/C(=N/Nc1ccccc1C(=O)O)c1cc(Br)ccc1O. The van der Waals surface area contributed by atoms with Gasteiger partial charge in [0, 0.05) is 10.0 Å². The van der Waals surface area contributed by atoms with Crippen molar-refractivity contribution >= 4 is 33.3 Å². The molecule has 2 rings (SSSR count).